The van der Waals surface area contributed by atoms with Crippen LogP contribution in [0.2, 0.25) is 0 Å². The normalized spacial score (nSPS) is 13.1. The molecule has 1 aliphatic rings. The summed E-state index contributed by atoms with van der Waals surface area (Å²) in [4.78, 5) is 26.2. The van der Waals surface area contributed by atoms with Crippen LogP contribution in [0.5, 0.6) is 0 Å². The molecule has 2 aromatic rings. The van der Waals surface area contributed by atoms with E-state index in [0.717, 1.165) is 18.8 Å². The fourth-order valence-electron chi connectivity index (χ4n) is 2.86. The third-order valence-corrected chi connectivity index (χ3v) is 4.18. The van der Waals surface area contributed by atoms with Crippen molar-refractivity contribution < 1.29 is 14.3 Å². The summed E-state index contributed by atoms with van der Waals surface area (Å²) in [7, 11) is 0. The minimum atomic E-state index is -0.637. The second-order valence-corrected chi connectivity index (χ2v) is 6.06. The minimum absolute atomic E-state index is 0.242. The van der Waals surface area contributed by atoms with Gasteiger partial charge in [0.05, 0.1) is 17.2 Å². The maximum absolute atomic E-state index is 12.0. The van der Waals surface area contributed by atoms with Gasteiger partial charge in [0.25, 0.3) is 5.91 Å². The molecule has 0 atom stereocenters. The van der Waals surface area contributed by atoms with Crippen LogP contribution >= 0.6 is 0 Å². The van der Waals surface area contributed by atoms with Gasteiger partial charge in [-0.25, -0.2) is 4.79 Å². The molecular weight excluding hydrogens is 330 g/mol. The predicted molar refractivity (Wildman–Crippen MR) is 98.0 cm³/mol. The van der Waals surface area contributed by atoms with E-state index in [1.165, 1.54) is 25.0 Å². The number of anilines is 2. The van der Waals surface area contributed by atoms with Crippen molar-refractivity contribution in [1.29, 1.82) is 5.26 Å². The van der Waals surface area contributed by atoms with Gasteiger partial charge in [-0.1, -0.05) is 6.07 Å². The quantitative estimate of drug-likeness (QED) is 0.839. The molecule has 2 aromatic carbocycles. The first-order chi connectivity index (χ1) is 12.7. The Labute approximate surface area is 152 Å². The molecule has 6 heteroatoms. The number of ether oxygens (including phenoxy) is 1. The van der Waals surface area contributed by atoms with Crippen LogP contribution in [-0.2, 0) is 9.53 Å². The predicted octanol–water partition coefficient (Wildman–Crippen LogP) is 2.95. The molecule has 26 heavy (non-hydrogen) atoms. The Morgan fingerprint density at radius 3 is 2.54 bits per heavy atom. The highest BCUT2D eigenvalue weighted by Gasteiger charge is 2.13. The van der Waals surface area contributed by atoms with Crippen molar-refractivity contribution >= 4 is 23.3 Å². The first-order valence-electron chi connectivity index (χ1n) is 8.48. The number of hydrogen-bond donors (Lipinski definition) is 1. The molecule has 0 aliphatic carbocycles. The molecular formula is C20H19N3O3. The van der Waals surface area contributed by atoms with Crippen molar-refractivity contribution in [3.05, 3.63) is 59.7 Å². The number of benzene rings is 2. The highest BCUT2D eigenvalue weighted by atomic mass is 16.5. The lowest BCUT2D eigenvalue weighted by Gasteiger charge is -2.17. The smallest absolute Gasteiger partial charge is 0.338 e. The summed E-state index contributed by atoms with van der Waals surface area (Å²) in [5, 5.41) is 11.5. The van der Waals surface area contributed by atoms with Crippen LogP contribution in [0, 0.1) is 11.3 Å². The summed E-state index contributed by atoms with van der Waals surface area (Å²) in [6, 6.07) is 15.7. The second kappa shape index (κ2) is 8.17. The minimum Gasteiger partial charge on any atom is -0.452 e. The van der Waals surface area contributed by atoms with E-state index in [4.69, 9.17) is 10.00 Å². The molecule has 1 aliphatic heterocycles. The van der Waals surface area contributed by atoms with Gasteiger partial charge in [-0.2, -0.15) is 5.26 Å². The van der Waals surface area contributed by atoms with Crippen LogP contribution in [-0.4, -0.2) is 31.6 Å². The van der Waals surface area contributed by atoms with Crippen LogP contribution in [0.4, 0.5) is 11.4 Å². The van der Waals surface area contributed by atoms with Crippen LogP contribution in [0.3, 0.4) is 0 Å². The summed E-state index contributed by atoms with van der Waals surface area (Å²) in [6.45, 7) is 1.74. The Balaban J connectivity index is 1.50. The van der Waals surface area contributed by atoms with Gasteiger partial charge in [-0.15, -0.1) is 0 Å². The van der Waals surface area contributed by atoms with E-state index in [2.05, 4.69) is 10.2 Å². The topological polar surface area (TPSA) is 82.4 Å². The third kappa shape index (κ3) is 4.39. The Bertz CT molecular complexity index is 834. The number of nitriles is 1. The molecule has 1 heterocycles. The summed E-state index contributed by atoms with van der Waals surface area (Å²) >= 11 is 0. The molecule has 0 unspecified atom stereocenters. The highest BCUT2D eigenvalue weighted by Crippen LogP contribution is 2.22. The lowest BCUT2D eigenvalue weighted by atomic mass is 10.1. The second-order valence-electron chi connectivity index (χ2n) is 6.06. The maximum atomic E-state index is 12.0. The Hall–Kier alpha value is -3.33. The van der Waals surface area contributed by atoms with Gasteiger partial charge in [-0.3, -0.25) is 4.79 Å². The van der Waals surface area contributed by atoms with Gasteiger partial charge >= 0.3 is 5.97 Å². The van der Waals surface area contributed by atoms with Crippen molar-refractivity contribution in [2.24, 2.45) is 0 Å². The standard InChI is InChI=1S/C20H19N3O3/c21-13-15-4-3-5-16(12-15)20(25)26-14-19(24)22-17-6-8-18(9-7-17)23-10-1-2-11-23/h3-9,12H,1-2,10-11,14H2,(H,22,24). The van der Waals surface area contributed by atoms with Gasteiger partial charge < -0.3 is 15.0 Å². The van der Waals surface area contributed by atoms with E-state index in [1.54, 1.807) is 12.1 Å². The van der Waals surface area contributed by atoms with Crippen LogP contribution in [0.15, 0.2) is 48.5 Å². The molecule has 1 amide bonds. The summed E-state index contributed by atoms with van der Waals surface area (Å²) in [5.74, 6) is -1.05. The van der Waals surface area contributed by atoms with Gasteiger partial charge in [0, 0.05) is 24.5 Å². The van der Waals surface area contributed by atoms with Gasteiger partial charge in [-0.05, 0) is 55.3 Å². The molecule has 1 saturated heterocycles. The van der Waals surface area contributed by atoms with Gasteiger partial charge in [0.1, 0.15) is 0 Å². The van der Waals surface area contributed by atoms with E-state index >= 15 is 0 Å². The van der Waals surface area contributed by atoms with E-state index in [9.17, 15) is 9.59 Å². The monoisotopic (exact) mass is 349 g/mol. The number of carbonyl (C=O) groups is 2. The number of nitrogens with one attached hydrogen (secondary N) is 1. The molecule has 0 aromatic heterocycles. The Kier molecular flexibility index (Phi) is 5.49. The Morgan fingerprint density at radius 2 is 1.85 bits per heavy atom. The molecule has 3 rings (SSSR count). The molecule has 0 radical (unpaired) electrons. The van der Waals surface area contributed by atoms with E-state index < -0.39 is 11.9 Å². The summed E-state index contributed by atoms with van der Waals surface area (Å²) < 4.78 is 5.00. The van der Waals surface area contributed by atoms with Crippen LogP contribution in [0.1, 0.15) is 28.8 Å². The number of nitrogens with zero attached hydrogens (tertiary/aromatic N) is 2. The largest absolute Gasteiger partial charge is 0.452 e. The zero-order valence-corrected chi connectivity index (χ0v) is 14.3. The SMILES string of the molecule is N#Cc1cccc(C(=O)OCC(=O)Nc2ccc(N3CCCC3)cc2)c1. The first-order valence-corrected chi connectivity index (χ1v) is 8.48. The van der Waals surface area contributed by atoms with E-state index in [-0.39, 0.29) is 12.2 Å². The van der Waals surface area contributed by atoms with E-state index in [0.29, 0.717) is 11.3 Å². The molecule has 1 N–H and O–H groups in total. The van der Waals surface area contributed by atoms with Crippen molar-refractivity contribution in [3.63, 3.8) is 0 Å². The van der Waals surface area contributed by atoms with E-state index in [1.807, 2.05) is 30.3 Å². The fraction of sp³-hybridized carbons (Fsp3) is 0.250. The zero-order chi connectivity index (χ0) is 18.4. The summed E-state index contributed by atoms with van der Waals surface area (Å²) in [6.07, 6.45) is 2.42. The van der Waals surface area contributed by atoms with Crippen molar-refractivity contribution in [2.75, 3.05) is 29.9 Å². The molecule has 0 saturated carbocycles. The van der Waals surface area contributed by atoms with Gasteiger partial charge in [0.15, 0.2) is 6.61 Å². The zero-order valence-electron chi connectivity index (χ0n) is 14.3. The molecule has 1 fully saturated rings. The average Bonchev–Trinajstić information content (AvgIpc) is 3.21. The molecule has 0 spiro atoms. The average molecular weight is 349 g/mol. The highest BCUT2D eigenvalue weighted by molar-refractivity contribution is 5.95. The Morgan fingerprint density at radius 1 is 1.12 bits per heavy atom. The summed E-state index contributed by atoms with van der Waals surface area (Å²) in [5.41, 5.74) is 2.40. The van der Waals surface area contributed by atoms with Crippen molar-refractivity contribution in [3.8, 4) is 6.07 Å². The lowest BCUT2D eigenvalue weighted by molar-refractivity contribution is -0.119. The van der Waals surface area contributed by atoms with Crippen LogP contribution < -0.4 is 10.2 Å². The molecule has 0 bridgehead atoms. The fourth-order valence-corrected chi connectivity index (χ4v) is 2.86. The van der Waals surface area contributed by atoms with Crippen molar-refractivity contribution in [1.82, 2.24) is 0 Å². The molecule has 6 nitrogen and oxygen atoms in total. The maximum Gasteiger partial charge on any atom is 0.338 e. The van der Waals surface area contributed by atoms with Crippen LogP contribution in [0.25, 0.3) is 0 Å². The first kappa shape index (κ1) is 17.5. The number of hydrogen-bond acceptors (Lipinski definition) is 5. The number of carbonyl (C=O) groups excluding carboxylic acids is 2. The van der Waals surface area contributed by atoms with Gasteiger partial charge in [0.2, 0.25) is 0 Å². The number of rotatable bonds is 5. The number of esters is 1. The third-order valence-electron chi connectivity index (χ3n) is 4.18. The van der Waals surface area contributed by atoms with Crippen molar-refractivity contribution in [2.45, 2.75) is 12.8 Å². The molecule has 132 valence electrons. The number of amides is 1. The lowest BCUT2D eigenvalue weighted by Crippen LogP contribution is -2.21.